The van der Waals surface area contributed by atoms with Gasteiger partial charge in [0.05, 0.1) is 13.2 Å². The van der Waals surface area contributed by atoms with Gasteiger partial charge in [-0.3, -0.25) is 9.59 Å². The lowest BCUT2D eigenvalue weighted by molar-refractivity contribution is -0.153. The van der Waals surface area contributed by atoms with Gasteiger partial charge in [-0.05, 0) is 72.5 Å². The first-order valence-electron chi connectivity index (χ1n) is 12.9. The Labute approximate surface area is 211 Å². The number of amides is 2. The molecule has 3 unspecified atom stereocenters. The molecule has 0 radical (unpaired) electrons. The number of hydrogen-bond acceptors (Lipinski definition) is 7. The van der Waals surface area contributed by atoms with E-state index in [1.165, 1.54) is 35.9 Å². The maximum atomic E-state index is 12.7. The number of esters is 1. The van der Waals surface area contributed by atoms with E-state index in [4.69, 9.17) is 4.74 Å². The molecule has 1 aromatic rings. The molecule has 1 aliphatic heterocycles. The summed E-state index contributed by atoms with van der Waals surface area (Å²) in [6, 6.07) is 3.36. The zero-order valence-electron chi connectivity index (χ0n) is 21.3. The Morgan fingerprint density at radius 2 is 1.92 bits per heavy atom. The van der Waals surface area contributed by atoms with Crippen molar-refractivity contribution in [2.24, 2.45) is 22.7 Å². The Morgan fingerprint density at radius 3 is 2.58 bits per heavy atom. The lowest BCUT2D eigenvalue weighted by Crippen LogP contribution is -2.47. The third kappa shape index (κ3) is 4.90. The summed E-state index contributed by atoms with van der Waals surface area (Å²) in [5.74, 6) is -0.909. The lowest BCUT2D eigenvalue weighted by atomic mass is 9.88. The van der Waals surface area contributed by atoms with Crippen LogP contribution >= 0.6 is 0 Å². The number of carbonyl (C=O) groups is 3. The molecule has 4 rings (SSSR count). The minimum absolute atomic E-state index is 0.0925. The van der Waals surface area contributed by atoms with Crippen LogP contribution in [0.15, 0.2) is 18.2 Å². The largest absolute Gasteiger partial charge is 0.504 e. The number of phenolic OH excluding ortho intramolecular Hbond substituents is 2. The van der Waals surface area contributed by atoms with Gasteiger partial charge < -0.3 is 30.3 Å². The third-order valence-corrected chi connectivity index (χ3v) is 9.12. The molecule has 0 aromatic heterocycles. The normalized spacial score (nSPS) is 28.9. The molecule has 2 saturated carbocycles. The van der Waals surface area contributed by atoms with Crippen molar-refractivity contribution < 1.29 is 34.4 Å². The van der Waals surface area contributed by atoms with Gasteiger partial charge in [0.1, 0.15) is 12.1 Å². The number of carbonyl (C=O) groups excluding carboxylic acids is 3. The molecule has 0 spiro atoms. The monoisotopic (exact) mass is 502 g/mol. The standard InChI is InChI=1S/C27H38N2O7/c1-26(2)23-17(8-10-27(23,26)3)9-12-36-25(35)18-5-4-11-29(18)22(33)15-28-24(34)21(32)14-16-6-7-19(30)20(31)13-16/h6-7,13,17-18,21,23,30-32H,4-5,8-12,14-15H2,1-3H3,(H,28,34)/t17?,18-,21+,23?,27?/m0/s1. The van der Waals surface area contributed by atoms with Crippen molar-refractivity contribution in [3.8, 4) is 11.5 Å². The Bertz CT molecular complexity index is 1030. The van der Waals surface area contributed by atoms with E-state index in [-0.39, 0.29) is 24.5 Å². The van der Waals surface area contributed by atoms with E-state index in [0.717, 1.165) is 6.42 Å². The summed E-state index contributed by atoms with van der Waals surface area (Å²) >= 11 is 0. The fourth-order valence-corrected chi connectivity index (χ4v) is 6.78. The van der Waals surface area contributed by atoms with Crippen molar-refractivity contribution in [2.45, 2.75) is 71.4 Å². The number of aliphatic hydroxyl groups is 1. The number of aliphatic hydroxyl groups excluding tert-OH is 1. The molecule has 9 nitrogen and oxygen atoms in total. The fraction of sp³-hybridized carbons (Fsp3) is 0.667. The number of hydrogen-bond donors (Lipinski definition) is 4. The average Bonchev–Trinajstić information content (AvgIpc) is 3.25. The molecule has 2 amide bonds. The summed E-state index contributed by atoms with van der Waals surface area (Å²) in [4.78, 5) is 39.2. The van der Waals surface area contributed by atoms with E-state index in [1.807, 2.05) is 0 Å². The second-order valence-corrected chi connectivity index (χ2v) is 11.4. The number of fused-ring (bicyclic) bond motifs is 1. The van der Waals surface area contributed by atoms with Crippen LogP contribution in [0.3, 0.4) is 0 Å². The molecule has 4 N–H and O–H groups in total. The Hall–Kier alpha value is -2.81. The molecule has 36 heavy (non-hydrogen) atoms. The number of rotatable bonds is 9. The van der Waals surface area contributed by atoms with Gasteiger partial charge in [0.2, 0.25) is 11.8 Å². The van der Waals surface area contributed by atoms with E-state index in [2.05, 4.69) is 26.1 Å². The minimum Gasteiger partial charge on any atom is -0.504 e. The molecule has 1 saturated heterocycles. The topological polar surface area (TPSA) is 136 Å². The summed E-state index contributed by atoms with van der Waals surface area (Å²) < 4.78 is 5.59. The van der Waals surface area contributed by atoms with E-state index in [1.54, 1.807) is 0 Å². The van der Waals surface area contributed by atoms with Crippen molar-refractivity contribution >= 4 is 17.8 Å². The van der Waals surface area contributed by atoms with Crippen LogP contribution in [-0.2, 0) is 25.5 Å². The van der Waals surface area contributed by atoms with E-state index < -0.39 is 29.9 Å². The second kappa shape index (κ2) is 9.92. The smallest absolute Gasteiger partial charge is 0.328 e. The zero-order chi connectivity index (χ0) is 26.3. The quantitative estimate of drug-likeness (QED) is 0.300. The van der Waals surface area contributed by atoms with Crippen LogP contribution in [0.5, 0.6) is 11.5 Å². The summed E-state index contributed by atoms with van der Waals surface area (Å²) in [6.45, 7) is 7.46. The first kappa shape index (κ1) is 26.3. The van der Waals surface area contributed by atoms with E-state index >= 15 is 0 Å². The highest BCUT2D eigenvalue weighted by molar-refractivity contribution is 5.90. The Morgan fingerprint density at radius 1 is 1.17 bits per heavy atom. The van der Waals surface area contributed by atoms with Crippen molar-refractivity contribution in [1.82, 2.24) is 10.2 Å². The van der Waals surface area contributed by atoms with Crippen LogP contribution in [-0.4, -0.2) is 69.8 Å². The van der Waals surface area contributed by atoms with E-state index in [9.17, 15) is 29.7 Å². The highest BCUT2D eigenvalue weighted by Crippen LogP contribution is 2.78. The number of ether oxygens (including phenoxy) is 1. The number of phenols is 2. The highest BCUT2D eigenvalue weighted by atomic mass is 16.5. The van der Waals surface area contributed by atoms with Crippen LogP contribution in [0, 0.1) is 22.7 Å². The molecular formula is C27H38N2O7. The van der Waals surface area contributed by atoms with Gasteiger partial charge in [0.25, 0.3) is 0 Å². The summed E-state index contributed by atoms with van der Waals surface area (Å²) in [5.41, 5.74) is 1.23. The summed E-state index contributed by atoms with van der Waals surface area (Å²) in [7, 11) is 0. The number of benzene rings is 1. The molecule has 0 bridgehead atoms. The number of likely N-dealkylation sites (tertiary alicyclic amines) is 1. The fourth-order valence-electron chi connectivity index (χ4n) is 6.78. The molecule has 2 aliphatic carbocycles. The summed E-state index contributed by atoms with van der Waals surface area (Å²) in [6.07, 6.45) is 2.94. The molecule has 198 valence electrons. The molecule has 1 aromatic carbocycles. The number of aromatic hydroxyl groups is 2. The minimum atomic E-state index is -1.44. The molecule has 5 atom stereocenters. The second-order valence-electron chi connectivity index (χ2n) is 11.4. The highest BCUT2D eigenvalue weighted by Gasteiger charge is 2.72. The van der Waals surface area contributed by atoms with Crippen LogP contribution in [0.4, 0.5) is 0 Å². The SMILES string of the molecule is CC1(C)C2C(CCOC(=O)[C@@H]3CCCN3C(=O)CNC(=O)[C@H](O)Cc3ccc(O)c(O)c3)CCC21C. The average molecular weight is 503 g/mol. The Balaban J connectivity index is 1.20. The maximum Gasteiger partial charge on any atom is 0.328 e. The van der Waals surface area contributed by atoms with Gasteiger partial charge in [0.15, 0.2) is 11.5 Å². The molecule has 3 aliphatic rings. The van der Waals surface area contributed by atoms with Gasteiger partial charge in [-0.1, -0.05) is 26.8 Å². The number of nitrogens with zero attached hydrogens (tertiary/aromatic N) is 1. The predicted molar refractivity (Wildman–Crippen MR) is 131 cm³/mol. The maximum absolute atomic E-state index is 12.7. The Kier molecular flexibility index (Phi) is 7.23. The van der Waals surface area contributed by atoms with Crippen molar-refractivity contribution in [3.05, 3.63) is 23.8 Å². The van der Waals surface area contributed by atoms with Crippen LogP contribution in [0.1, 0.15) is 58.4 Å². The van der Waals surface area contributed by atoms with Crippen molar-refractivity contribution in [3.63, 3.8) is 0 Å². The zero-order valence-corrected chi connectivity index (χ0v) is 21.3. The van der Waals surface area contributed by atoms with Gasteiger partial charge in [0, 0.05) is 13.0 Å². The van der Waals surface area contributed by atoms with Crippen molar-refractivity contribution in [2.75, 3.05) is 19.7 Å². The van der Waals surface area contributed by atoms with Gasteiger partial charge >= 0.3 is 5.97 Å². The van der Waals surface area contributed by atoms with Gasteiger partial charge in [-0.15, -0.1) is 0 Å². The lowest BCUT2D eigenvalue weighted by Gasteiger charge is -2.24. The number of nitrogens with one attached hydrogen (secondary N) is 1. The molecule has 1 heterocycles. The first-order chi connectivity index (χ1) is 17.0. The first-order valence-corrected chi connectivity index (χ1v) is 12.9. The van der Waals surface area contributed by atoms with Gasteiger partial charge in [-0.2, -0.15) is 0 Å². The molecule has 3 fully saturated rings. The van der Waals surface area contributed by atoms with Crippen LogP contribution < -0.4 is 5.32 Å². The van der Waals surface area contributed by atoms with Gasteiger partial charge in [-0.25, -0.2) is 4.79 Å². The van der Waals surface area contributed by atoms with E-state index in [0.29, 0.717) is 54.2 Å². The molecule has 9 heteroatoms. The van der Waals surface area contributed by atoms with Crippen LogP contribution in [0.25, 0.3) is 0 Å². The van der Waals surface area contributed by atoms with Crippen molar-refractivity contribution in [1.29, 1.82) is 0 Å². The molecular weight excluding hydrogens is 464 g/mol. The summed E-state index contributed by atoms with van der Waals surface area (Å²) in [5, 5.41) is 31.5. The predicted octanol–water partition coefficient (Wildman–Crippen LogP) is 2.11. The third-order valence-electron chi connectivity index (χ3n) is 9.12. The van der Waals surface area contributed by atoms with Crippen LogP contribution in [0.2, 0.25) is 0 Å².